The Morgan fingerprint density at radius 1 is 1.53 bits per heavy atom. The van der Waals surface area contributed by atoms with E-state index in [1.807, 2.05) is 13.0 Å². The fraction of sp³-hybridized carbons (Fsp3) is 0.273. The zero-order valence-electron chi connectivity index (χ0n) is 9.22. The summed E-state index contributed by atoms with van der Waals surface area (Å²) in [6.45, 7) is 1.68. The third kappa shape index (κ3) is 2.46. The van der Waals surface area contributed by atoms with Crippen LogP contribution in [0.4, 0.5) is 0 Å². The Labute approximate surface area is 103 Å². The van der Waals surface area contributed by atoms with Crippen LogP contribution < -0.4 is 5.73 Å². The fourth-order valence-electron chi connectivity index (χ4n) is 1.44. The molecular formula is C11H12ClN3O2. The molecule has 0 saturated carbocycles. The summed E-state index contributed by atoms with van der Waals surface area (Å²) in [6.07, 6.45) is 0. The van der Waals surface area contributed by atoms with Crippen molar-refractivity contribution in [2.75, 3.05) is 6.61 Å². The first-order chi connectivity index (χ1) is 8.11. The van der Waals surface area contributed by atoms with Crippen LogP contribution >= 0.6 is 11.6 Å². The predicted octanol–water partition coefficient (Wildman–Crippen LogP) is 1.69. The van der Waals surface area contributed by atoms with Gasteiger partial charge in [-0.15, -0.1) is 0 Å². The second-order valence-corrected chi connectivity index (χ2v) is 4.14. The van der Waals surface area contributed by atoms with E-state index in [2.05, 4.69) is 10.1 Å². The molecule has 5 nitrogen and oxygen atoms in total. The molecule has 0 spiro atoms. The Morgan fingerprint density at radius 3 is 2.94 bits per heavy atom. The fourth-order valence-corrected chi connectivity index (χ4v) is 1.67. The second-order valence-electron chi connectivity index (χ2n) is 3.71. The molecule has 0 radical (unpaired) electrons. The maximum atomic E-state index is 8.89. The topological polar surface area (TPSA) is 85.2 Å². The minimum absolute atomic E-state index is 0.224. The van der Waals surface area contributed by atoms with Gasteiger partial charge in [-0.25, -0.2) is 0 Å². The molecule has 1 aromatic carbocycles. The molecule has 0 amide bonds. The Balaban J connectivity index is 2.37. The monoisotopic (exact) mass is 253 g/mol. The average Bonchev–Trinajstić information content (AvgIpc) is 2.77. The lowest BCUT2D eigenvalue weighted by Gasteiger charge is -2.01. The molecule has 0 aliphatic carbocycles. The molecule has 1 unspecified atom stereocenters. The zero-order valence-corrected chi connectivity index (χ0v) is 9.98. The first-order valence-corrected chi connectivity index (χ1v) is 5.46. The van der Waals surface area contributed by atoms with Crippen molar-refractivity contribution in [1.82, 2.24) is 10.1 Å². The van der Waals surface area contributed by atoms with Crippen LogP contribution in [0.2, 0.25) is 5.02 Å². The molecule has 2 rings (SSSR count). The van der Waals surface area contributed by atoms with Crippen LogP contribution in [0.1, 0.15) is 17.4 Å². The number of nitrogens with two attached hydrogens (primary N) is 1. The molecule has 2 aromatic rings. The third-order valence-electron chi connectivity index (χ3n) is 2.39. The normalized spacial score (nSPS) is 12.7. The van der Waals surface area contributed by atoms with Gasteiger partial charge < -0.3 is 15.4 Å². The van der Waals surface area contributed by atoms with E-state index < -0.39 is 6.04 Å². The van der Waals surface area contributed by atoms with Gasteiger partial charge in [0.2, 0.25) is 0 Å². The van der Waals surface area contributed by atoms with Crippen molar-refractivity contribution in [3.63, 3.8) is 0 Å². The van der Waals surface area contributed by atoms with Crippen molar-refractivity contribution in [3.05, 3.63) is 34.6 Å². The maximum Gasteiger partial charge on any atom is 0.258 e. The van der Waals surface area contributed by atoms with Crippen LogP contribution in [0.25, 0.3) is 11.5 Å². The Bertz CT molecular complexity index is 527. The summed E-state index contributed by atoms with van der Waals surface area (Å²) in [5.74, 6) is 0.662. The van der Waals surface area contributed by atoms with Gasteiger partial charge in [-0.3, -0.25) is 0 Å². The molecule has 3 N–H and O–H groups in total. The van der Waals surface area contributed by atoms with Crippen LogP contribution in [0.3, 0.4) is 0 Å². The number of aromatic nitrogens is 2. The third-order valence-corrected chi connectivity index (χ3v) is 2.62. The number of hydrogen-bond acceptors (Lipinski definition) is 5. The Kier molecular flexibility index (Phi) is 3.42. The van der Waals surface area contributed by atoms with E-state index in [9.17, 15) is 0 Å². The summed E-state index contributed by atoms with van der Waals surface area (Å²) >= 11 is 5.86. The molecule has 1 aromatic heterocycles. The van der Waals surface area contributed by atoms with E-state index in [0.29, 0.717) is 10.9 Å². The lowest BCUT2D eigenvalue weighted by molar-refractivity contribution is 0.260. The number of rotatable bonds is 3. The van der Waals surface area contributed by atoms with Crippen molar-refractivity contribution < 1.29 is 9.63 Å². The van der Waals surface area contributed by atoms with Gasteiger partial charge in [0, 0.05) is 10.6 Å². The van der Waals surface area contributed by atoms with Gasteiger partial charge in [-0.05, 0) is 30.7 Å². The lowest BCUT2D eigenvalue weighted by Crippen LogP contribution is -2.15. The van der Waals surface area contributed by atoms with E-state index in [1.54, 1.807) is 12.1 Å². The zero-order chi connectivity index (χ0) is 12.4. The van der Waals surface area contributed by atoms with Gasteiger partial charge in [0.15, 0.2) is 5.82 Å². The molecule has 6 heteroatoms. The highest BCUT2D eigenvalue weighted by Gasteiger charge is 2.15. The first-order valence-electron chi connectivity index (χ1n) is 5.08. The molecule has 0 bridgehead atoms. The number of hydrogen-bond donors (Lipinski definition) is 2. The van der Waals surface area contributed by atoms with Crippen molar-refractivity contribution in [3.8, 4) is 11.5 Å². The summed E-state index contributed by atoms with van der Waals surface area (Å²) in [5.41, 5.74) is 7.33. The molecule has 17 heavy (non-hydrogen) atoms. The first kappa shape index (κ1) is 12.0. The summed E-state index contributed by atoms with van der Waals surface area (Å²) in [5, 5.41) is 13.3. The number of halogens is 1. The highest BCUT2D eigenvalue weighted by molar-refractivity contribution is 6.30. The largest absolute Gasteiger partial charge is 0.394 e. The van der Waals surface area contributed by atoms with Crippen molar-refractivity contribution in [2.45, 2.75) is 13.0 Å². The van der Waals surface area contributed by atoms with Crippen molar-refractivity contribution in [2.24, 2.45) is 5.73 Å². The predicted molar refractivity (Wildman–Crippen MR) is 63.5 cm³/mol. The average molecular weight is 254 g/mol. The molecule has 0 aliphatic rings. The van der Waals surface area contributed by atoms with Gasteiger partial charge >= 0.3 is 0 Å². The highest BCUT2D eigenvalue weighted by Crippen LogP contribution is 2.25. The van der Waals surface area contributed by atoms with E-state index in [4.69, 9.17) is 27.0 Å². The van der Waals surface area contributed by atoms with Gasteiger partial charge in [0.25, 0.3) is 5.89 Å². The van der Waals surface area contributed by atoms with Crippen molar-refractivity contribution in [1.29, 1.82) is 0 Å². The number of aliphatic hydroxyl groups excluding tert-OH is 1. The molecule has 1 atom stereocenters. The van der Waals surface area contributed by atoms with Crippen molar-refractivity contribution >= 4 is 11.6 Å². The summed E-state index contributed by atoms with van der Waals surface area (Å²) in [6, 6.07) is 4.74. The van der Waals surface area contributed by atoms with Crippen LogP contribution in [0.15, 0.2) is 22.7 Å². The van der Waals surface area contributed by atoms with Gasteiger partial charge in [-0.1, -0.05) is 16.8 Å². The summed E-state index contributed by atoms with van der Waals surface area (Å²) in [4.78, 5) is 4.14. The minimum Gasteiger partial charge on any atom is -0.394 e. The molecular weight excluding hydrogens is 242 g/mol. The standard InChI is InChI=1S/C11H12ClN3O2/c1-6-4-7(12)2-3-8(6)11-14-10(15-17-11)9(13)5-16/h2-4,9,16H,5,13H2,1H3. The van der Waals surface area contributed by atoms with E-state index in [1.165, 1.54) is 0 Å². The SMILES string of the molecule is Cc1cc(Cl)ccc1-c1nc(C(N)CO)no1. The Hall–Kier alpha value is -1.43. The number of nitrogens with zero attached hydrogens (tertiary/aromatic N) is 2. The van der Waals surface area contributed by atoms with Crippen LogP contribution in [-0.4, -0.2) is 21.9 Å². The molecule has 90 valence electrons. The maximum absolute atomic E-state index is 8.89. The molecule has 0 fully saturated rings. The minimum atomic E-state index is -0.625. The number of benzene rings is 1. The highest BCUT2D eigenvalue weighted by atomic mass is 35.5. The van der Waals surface area contributed by atoms with Gasteiger partial charge in [-0.2, -0.15) is 4.98 Å². The number of aryl methyl sites for hydroxylation is 1. The van der Waals surface area contributed by atoms with E-state index >= 15 is 0 Å². The smallest absolute Gasteiger partial charge is 0.258 e. The number of aliphatic hydroxyl groups is 1. The molecule has 0 aliphatic heterocycles. The summed E-state index contributed by atoms with van der Waals surface area (Å²) in [7, 11) is 0. The lowest BCUT2D eigenvalue weighted by atomic mass is 10.1. The van der Waals surface area contributed by atoms with Crippen LogP contribution in [0.5, 0.6) is 0 Å². The quantitative estimate of drug-likeness (QED) is 0.869. The Morgan fingerprint density at radius 2 is 2.29 bits per heavy atom. The molecule has 1 heterocycles. The van der Waals surface area contributed by atoms with Gasteiger partial charge in [0.05, 0.1) is 12.6 Å². The van der Waals surface area contributed by atoms with Crippen LogP contribution in [0, 0.1) is 6.92 Å². The van der Waals surface area contributed by atoms with E-state index in [-0.39, 0.29) is 12.4 Å². The van der Waals surface area contributed by atoms with E-state index in [0.717, 1.165) is 11.1 Å². The van der Waals surface area contributed by atoms with Crippen LogP contribution in [-0.2, 0) is 0 Å². The second kappa shape index (κ2) is 4.83. The van der Waals surface area contributed by atoms with Gasteiger partial charge in [0.1, 0.15) is 0 Å². The molecule has 0 saturated heterocycles. The summed E-state index contributed by atoms with van der Waals surface area (Å²) < 4.78 is 5.10.